The van der Waals surface area contributed by atoms with Crippen molar-refractivity contribution >= 4 is 22.5 Å². The highest BCUT2D eigenvalue weighted by molar-refractivity contribution is 5.93. The maximum atomic E-state index is 13.1. The van der Waals surface area contributed by atoms with Crippen molar-refractivity contribution in [2.75, 3.05) is 25.0 Å². The van der Waals surface area contributed by atoms with Gasteiger partial charge in [-0.1, -0.05) is 13.0 Å². The van der Waals surface area contributed by atoms with E-state index in [1.165, 1.54) is 12.3 Å². The Morgan fingerprint density at radius 3 is 2.64 bits per heavy atom. The average molecular weight is 466 g/mol. The molecule has 2 aromatic rings. The summed E-state index contributed by atoms with van der Waals surface area (Å²) in [6.45, 7) is 3.50. The third-order valence-corrected chi connectivity index (χ3v) is 6.90. The largest absolute Gasteiger partial charge is 0.416 e. The Morgan fingerprint density at radius 1 is 1.24 bits per heavy atom. The van der Waals surface area contributed by atoms with Crippen molar-refractivity contribution in [3.8, 4) is 0 Å². The van der Waals surface area contributed by atoms with Crippen LogP contribution in [0.3, 0.4) is 0 Å². The number of alkyl halides is 3. The van der Waals surface area contributed by atoms with Gasteiger partial charge in [-0.15, -0.1) is 5.10 Å². The molecule has 1 saturated carbocycles. The number of hydrogen-bond acceptors (Lipinski definition) is 6. The summed E-state index contributed by atoms with van der Waals surface area (Å²) >= 11 is 0. The Labute approximate surface area is 190 Å². The molecule has 0 unspecified atom stereocenters. The zero-order valence-corrected chi connectivity index (χ0v) is 18.6. The molecule has 0 spiro atoms. The van der Waals surface area contributed by atoms with Crippen molar-refractivity contribution < 1.29 is 23.1 Å². The normalized spacial score (nSPS) is 23.2. The van der Waals surface area contributed by atoms with E-state index in [9.17, 15) is 23.1 Å². The summed E-state index contributed by atoms with van der Waals surface area (Å²) in [5.74, 6) is 0.314. The number of hydrogen-bond donors (Lipinski definition) is 3. The van der Waals surface area contributed by atoms with Gasteiger partial charge in [-0.2, -0.15) is 18.3 Å². The molecule has 1 saturated heterocycles. The fraction of sp³-hybridized carbons (Fsp3) is 0.609. The highest BCUT2D eigenvalue weighted by Gasteiger charge is 2.36. The van der Waals surface area contributed by atoms with Crippen LogP contribution in [0.4, 0.5) is 19.0 Å². The zero-order chi connectivity index (χ0) is 23.6. The van der Waals surface area contributed by atoms with Crippen LogP contribution < -0.4 is 10.6 Å². The smallest absolute Gasteiger partial charge is 0.393 e. The van der Waals surface area contributed by atoms with Gasteiger partial charge in [0.1, 0.15) is 0 Å². The molecule has 1 aromatic carbocycles. The van der Waals surface area contributed by atoms with Gasteiger partial charge in [-0.05, 0) is 50.2 Å². The van der Waals surface area contributed by atoms with E-state index in [2.05, 4.69) is 25.7 Å². The quantitative estimate of drug-likeness (QED) is 0.582. The number of aliphatic hydroxyl groups is 1. The first-order chi connectivity index (χ1) is 15.7. The lowest BCUT2D eigenvalue weighted by Gasteiger charge is -2.47. The van der Waals surface area contributed by atoms with Crippen LogP contribution in [0.2, 0.25) is 0 Å². The van der Waals surface area contributed by atoms with Crippen LogP contribution in [0.25, 0.3) is 10.8 Å². The number of anilines is 1. The molecule has 4 rings (SSSR count). The maximum absolute atomic E-state index is 13.1. The zero-order valence-electron chi connectivity index (χ0n) is 18.6. The molecule has 2 fully saturated rings. The van der Waals surface area contributed by atoms with Crippen molar-refractivity contribution in [2.24, 2.45) is 5.92 Å². The van der Waals surface area contributed by atoms with Gasteiger partial charge >= 0.3 is 6.18 Å². The van der Waals surface area contributed by atoms with E-state index < -0.39 is 11.7 Å². The summed E-state index contributed by atoms with van der Waals surface area (Å²) in [4.78, 5) is 14.7. The van der Waals surface area contributed by atoms with Crippen molar-refractivity contribution in [1.82, 2.24) is 20.4 Å². The number of fused-ring (bicyclic) bond motifs is 1. The third-order valence-electron chi connectivity index (χ3n) is 6.90. The lowest BCUT2D eigenvalue weighted by atomic mass is 9.80. The molecule has 1 aliphatic heterocycles. The number of aromatic nitrogens is 2. The predicted molar refractivity (Wildman–Crippen MR) is 119 cm³/mol. The number of nitrogens with one attached hydrogen (secondary N) is 2. The molecular formula is C23H30F3N5O2. The van der Waals surface area contributed by atoms with Gasteiger partial charge < -0.3 is 15.7 Å². The summed E-state index contributed by atoms with van der Waals surface area (Å²) in [7, 11) is 0. The molecule has 2 aliphatic rings. The summed E-state index contributed by atoms with van der Waals surface area (Å²) in [6, 6.07) is 3.93. The summed E-state index contributed by atoms with van der Waals surface area (Å²) < 4.78 is 39.2. The fourth-order valence-electron chi connectivity index (χ4n) is 4.91. The monoisotopic (exact) mass is 465 g/mol. The van der Waals surface area contributed by atoms with Crippen molar-refractivity contribution in [3.05, 3.63) is 30.0 Å². The molecule has 3 N–H and O–H groups in total. The Kier molecular flexibility index (Phi) is 7.04. The van der Waals surface area contributed by atoms with E-state index >= 15 is 0 Å². The molecule has 33 heavy (non-hydrogen) atoms. The predicted octanol–water partition coefficient (Wildman–Crippen LogP) is 3.19. The van der Waals surface area contributed by atoms with E-state index in [-0.39, 0.29) is 35.8 Å². The number of carbonyl (C=O) groups is 1. The first kappa shape index (κ1) is 23.7. The Morgan fingerprint density at radius 2 is 1.97 bits per heavy atom. The van der Waals surface area contributed by atoms with E-state index in [0.717, 1.165) is 57.3 Å². The SMILES string of the molecule is CC[C@H](O)[C@H]1CC[C@H](N2CC(NC(=O)CNc3nncc4ccc(C(F)(F)F)cc34)C2)CC1. The van der Waals surface area contributed by atoms with Crippen molar-refractivity contribution in [3.63, 3.8) is 0 Å². The van der Waals surface area contributed by atoms with Gasteiger partial charge in [-0.3, -0.25) is 9.69 Å². The number of carbonyl (C=O) groups excluding carboxylic acids is 1. The van der Waals surface area contributed by atoms with Gasteiger partial charge in [0.2, 0.25) is 5.91 Å². The first-order valence-corrected chi connectivity index (χ1v) is 11.5. The minimum Gasteiger partial charge on any atom is -0.393 e. The standard InChI is InChI=1S/C23H30F3N5O2/c1-2-20(32)14-4-7-18(8-5-14)31-12-17(13-31)29-21(33)11-27-22-19-9-16(23(24,25)26)6-3-15(19)10-28-30-22/h3,6,9-10,14,17-18,20,32H,2,4-5,7-8,11-13H2,1H3,(H,27,30)(H,29,33)/t14-,18-,20-/m0/s1. The maximum Gasteiger partial charge on any atom is 0.416 e. The molecule has 10 heteroatoms. The minimum absolute atomic E-state index is 0.0636. The number of halogens is 3. The van der Waals surface area contributed by atoms with E-state index in [4.69, 9.17) is 0 Å². The second-order valence-electron chi connectivity index (χ2n) is 9.11. The van der Waals surface area contributed by atoms with Gasteiger partial charge in [0.15, 0.2) is 5.82 Å². The number of nitrogens with zero attached hydrogens (tertiary/aromatic N) is 3. The second kappa shape index (κ2) is 9.80. The lowest BCUT2D eigenvalue weighted by Crippen LogP contribution is -2.63. The molecule has 1 aromatic heterocycles. The van der Waals surface area contributed by atoms with Crippen LogP contribution in [0, 0.1) is 5.92 Å². The minimum atomic E-state index is -4.46. The molecular weight excluding hydrogens is 435 g/mol. The van der Waals surface area contributed by atoms with Gasteiger partial charge in [0, 0.05) is 29.9 Å². The molecule has 0 radical (unpaired) electrons. The fourth-order valence-corrected chi connectivity index (χ4v) is 4.91. The number of aliphatic hydroxyl groups excluding tert-OH is 1. The summed E-state index contributed by atoms with van der Waals surface area (Å²) in [6.07, 6.45) is 1.76. The molecule has 180 valence electrons. The number of rotatable bonds is 7. The number of benzene rings is 1. The van der Waals surface area contributed by atoms with Crippen molar-refractivity contribution in [2.45, 2.75) is 63.4 Å². The van der Waals surface area contributed by atoms with Gasteiger partial charge in [0.25, 0.3) is 0 Å². The van der Waals surface area contributed by atoms with Crippen LogP contribution >= 0.6 is 0 Å². The highest BCUT2D eigenvalue weighted by Crippen LogP contribution is 2.33. The third kappa shape index (κ3) is 5.55. The molecule has 2 heterocycles. The Hall–Kier alpha value is -2.46. The first-order valence-electron chi connectivity index (χ1n) is 11.5. The van der Waals surface area contributed by atoms with Crippen LogP contribution in [0.5, 0.6) is 0 Å². The molecule has 1 atom stereocenters. The molecule has 7 nitrogen and oxygen atoms in total. The van der Waals surface area contributed by atoms with Crippen LogP contribution in [-0.2, 0) is 11.0 Å². The number of likely N-dealkylation sites (tertiary alicyclic amines) is 1. The van der Waals surface area contributed by atoms with Gasteiger partial charge in [0.05, 0.1) is 30.5 Å². The lowest BCUT2D eigenvalue weighted by molar-refractivity contribution is -0.137. The number of amides is 1. The topological polar surface area (TPSA) is 90.4 Å². The van der Waals surface area contributed by atoms with Crippen molar-refractivity contribution in [1.29, 1.82) is 0 Å². The van der Waals surface area contributed by atoms with Crippen LogP contribution in [0.15, 0.2) is 24.4 Å². The van der Waals surface area contributed by atoms with Gasteiger partial charge in [-0.25, -0.2) is 0 Å². The summed E-state index contributed by atoms with van der Waals surface area (Å²) in [5, 5.41) is 24.3. The Balaban J connectivity index is 1.24. The molecule has 1 aliphatic carbocycles. The van der Waals surface area contributed by atoms with Crippen LogP contribution in [-0.4, -0.2) is 63.9 Å². The van der Waals surface area contributed by atoms with E-state index in [0.29, 0.717) is 17.3 Å². The van der Waals surface area contributed by atoms with E-state index in [1.807, 2.05) is 6.92 Å². The Bertz CT molecular complexity index is 972. The second-order valence-corrected chi connectivity index (χ2v) is 9.11. The van der Waals surface area contributed by atoms with Crippen LogP contribution in [0.1, 0.15) is 44.6 Å². The molecule has 1 amide bonds. The van der Waals surface area contributed by atoms with E-state index in [1.54, 1.807) is 0 Å². The summed E-state index contributed by atoms with van der Waals surface area (Å²) in [5.41, 5.74) is -0.775. The molecule has 0 bridgehead atoms. The average Bonchev–Trinajstić information content (AvgIpc) is 2.78. The highest BCUT2D eigenvalue weighted by atomic mass is 19.4.